The first-order valence-corrected chi connectivity index (χ1v) is 23.7. The molecule has 2 amide bonds. The molecule has 3 N–H and O–H groups in total. The van der Waals surface area contributed by atoms with Crippen LogP contribution in [0.2, 0.25) is 0 Å². The topological polar surface area (TPSA) is 234 Å². The minimum absolute atomic E-state index is 0.0402. The largest absolute Gasteiger partial charge is 0.480 e. The van der Waals surface area contributed by atoms with Gasteiger partial charge in [0.15, 0.2) is 0 Å². The number of fused-ring (bicyclic) bond motifs is 3. The first kappa shape index (κ1) is 59.4. The number of hydrogen-bond acceptors (Lipinski definition) is 18. The zero-order chi connectivity index (χ0) is 48.9. The van der Waals surface area contributed by atoms with Crippen LogP contribution in [0.1, 0.15) is 23.5 Å². The van der Waals surface area contributed by atoms with Crippen molar-refractivity contribution in [3.05, 3.63) is 59.7 Å². The van der Waals surface area contributed by atoms with Crippen LogP contribution in [0.3, 0.4) is 0 Å². The highest BCUT2D eigenvalue weighted by molar-refractivity contribution is 5.79. The molecule has 0 heterocycles. The summed E-state index contributed by atoms with van der Waals surface area (Å²) in [4.78, 5) is 34.0. The highest BCUT2D eigenvalue weighted by atomic mass is 16.6. The van der Waals surface area contributed by atoms with Crippen LogP contribution >= 0.6 is 0 Å². The summed E-state index contributed by atoms with van der Waals surface area (Å²) in [7, 11) is 0. The Morgan fingerprint density at radius 2 is 0.725 bits per heavy atom. The summed E-state index contributed by atoms with van der Waals surface area (Å²) in [6, 6.07) is 16.5. The van der Waals surface area contributed by atoms with Gasteiger partial charge >= 0.3 is 12.1 Å². The number of carboxylic acid groups (broad SMARTS) is 1. The molecule has 2 aromatic rings. The van der Waals surface area contributed by atoms with Crippen molar-refractivity contribution in [3.63, 3.8) is 0 Å². The maximum absolute atomic E-state index is 12.3. The first-order valence-electron chi connectivity index (χ1n) is 23.7. The van der Waals surface area contributed by atoms with Crippen LogP contribution in [0.5, 0.6) is 0 Å². The first-order chi connectivity index (χ1) is 34.1. The van der Waals surface area contributed by atoms with Crippen LogP contribution in [0.4, 0.5) is 4.79 Å². The lowest BCUT2D eigenvalue weighted by molar-refractivity contribution is -0.143. The van der Waals surface area contributed by atoms with Crippen LogP contribution in [-0.2, 0) is 80.6 Å². The number of benzene rings is 2. The lowest BCUT2D eigenvalue weighted by Gasteiger charge is -2.14. The van der Waals surface area contributed by atoms with Crippen LogP contribution in [0.15, 0.2) is 48.5 Å². The second-order valence-electron chi connectivity index (χ2n) is 14.8. The van der Waals surface area contributed by atoms with Gasteiger partial charge in [0.1, 0.15) is 19.8 Å². The molecule has 0 fully saturated rings. The number of nitrogens with one attached hydrogen (secondary N) is 2. The van der Waals surface area contributed by atoms with E-state index in [1.807, 2.05) is 24.3 Å². The molecule has 21 heteroatoms. The van der Waals surface area contributed by atoms with Crippen molar-refractivity contribution in [3.8, 4) is 11.1 Å². The molecule has 2 aromatic carbocycles. The Hall–Kier alpha value is -3.91. The Morgan fingerprint density at radius 1 is 0.391 bits per heavy atom. The standard InChI is InChI=1S/C48H76N2O19/c51-46(39-68-40-47(52)53)49-11-13-56-15-17-58-19-21-60-23-25-62-27-29-64-31-33-66-35-37-67-36-34-65-32-30-63-28-26-61-24-22-59-20-18-57-16-14-55-12-5-10-50-48(54)69-38-45-43-8-3-1-6-41(43)42-7-2-4-9-44(42)45/h1-4,6-9,45H,5,10-40H2,(H,49,51)(H,50,54)(H,52,53). The monoisotopic (exact) mass is 985 g/mol. The van der Waals surface area contributed by atoms with E-state index in [1.54, 1.807) is 0 Å². The summed E-state index contributed by atoms with van der Waals surface area (Å²) in [5.41, 5.74) is 4.78. The zero-order valence-corrected chi connectivity index (χ0v) is 40.1. The Kier molecular flexibility index (Phi) is 37.0. The predicted octanol–water partition coefficient (Wildman–Crippen LogP) is 2.35. The van der Waals surface area contributed by atoms with Crippen molar-refractivity contribution in [2.45, 2.75) is 12.3 Å². The van der Waals surface area contributed by atoms with Gasteiger partial charge in [-0.25, -0.2) is 9.59 Å². The van der Waals surface area contributed by atoms with E-state index in [-0.39, 0.29) is 12.5 Å². The van der Waals surface area contributed by atoms with Crippen molar-refractivity contribution in [2.24, 2.45) is 0 Å². The van der Waals surface area contributed by atoms with Gasteiger partial charge in [-0.2, -0.15) is 0 Å². The van der Waals surface area contributed by atoms with Gasteiger partial charge in [-0.15, -0.1) is 0 Å². The SMILES string of the molecule is O=C(O)COCC(=O)NCCOCCOCCOCCOCCOCCOCCOCCOCCOCCOCCOCCOCCOCCCNC(=O)OCC1c2ccccc2-c2ccccc21. The van der Waals surface area contributed by atoms with E-state index in [9.17, 15) is 14.4 Å². The van der Waals surface area contributed by atoms with Crippen LogP contribution in [-0.4, -0.2) is 228 Å². The molecule has 0 spiro atoms. The van der Waals surface area contributed by atoms with E-state index in [1.165, 1.54) is 22.3 Å². The summed E-state index contributed by atoms with van der Waals surface area (Å²) < 4.78 is 81.6. The second-order valence-corrected chi connectivity index (χ2v) is 14.8. The number of carboxylic acids is 1. The molecular weight excluding hydrogens is 909 g/mol. The highest BCUT2D eigenvalue weighted by Gasteiger charge is 2.29. The number of alkyl carbamates (subject to hydrolysis) is 1. The molecule has 1 aliphatic rings. The summed E-state index contributed by atoms with van der Waals surface area (Å²) in [5.74, 6) is -1.49. The van der Waals surface area contributed by atoms with Gasteiger partial charge in [0.25, 0.3) is 0 Å². The Bertz CT molecular complexity index is 1530. The summed E-state index contributed by atoms with van der Waals surface area (Å²) in [5, 5.41) is 13.8. The van der Waals surface area contributed by atoms with E-state index >= 15 is 0 Å². The number of carbonyl (C=O) groups is 3. The third-order valence-corrected chi connectivity index (χ3v) is 9.57. The summed E-state index contributed by atoms with van der Waals surface area (Å²) in [6.07, 6.45) is 0.251. The lowest BCUT2D eigenvalue weighted by Crippen LogP contribution is -2.31. The van der Waals surface area contributed by atoms with Gasteiger partial charge in [-0.1, -0.05) is 48.5 Å². The molecule has 69 heavy (non-hydrogen) atoms. The molecule has 0 aliphatic heterocycles. The number of aliphatic carboxylic acids is 1. The fraction of sp³-hybridized carbons (Fsp3) is 0.688. The van der Waals surface area contributed by atoms with Gasteiger partial charge in [0, 0.05) is 25.6 Å². The summed E-state index contributed by atoms with van der Waals surface area (Å²) in [6.45, 7) is 12.0. The van der Waals surface area contributed by atoms with Gasteiger partial charge in [-0.3, -0.25) is 4.79 Å². The molecule has 0 unspecified atom stereocenters. The maximum atomic E-state index is 12.3. The molecule has 1 aliphatic carbocycles. The zero-order valence-electron chi connectivity index (χ0n) is 40.1. The molecule has 0 saturated heterocycles. The minimum Gasteiger partial charge on any atom is -0.480 e. The predicted molar refractivity (Wildman–Crippen MR) is 250 cm³/mol. The normalized spacial score (nSPS) is 12.0. The average Bonchev–Trinajstić information content (AvgIpc) is 3.67. The summed E-state index contributed by atoms with van der Waals surface area (Å²) >= 11 is 0. The van der Waals surface area contributed by atoms with Gasteiger partial charge in [-0.05, 0) is 28.7 Å². The van der Waals surface area contributed by atoms with Crippen molar-refractivity contribution >= 4 is 18.0 Å². The van der Waals surface area contributed by atoms with Crippen molar-refractivity contribution < 1.29 is 90.5 Å². The minimum atomic E-state index is -1.13. The van der Waals surface area contributed by atoms with Gasteiger partial charge < -0.3 is 86.8 Å². The fourth-order valence-corrected chi connectivity index (χ4v) is 6.30. The molecule has 0 atom stereocenters. The molecule has 0 radical (unpaired) electrons. The van der Waals surface area contributed by atoms with E-state index in [0.717, 1.165) is 0 Å². The highest BCUT2D eigenvalue weighted by Crippen LogP contribution is 2.44. The van der Waals surface area contributed by atoms with Crippen LogP contribution in [0.25, 0.3) is 11.1 Å². The van der Waals surface area contributed by atoms with E-state index in [2.05, 4.69) is 39.6 Å². The third kappa shape index (κ3) is 31.8. The van der Waals surface area contributed by atoms with Crippen molar-refractivity contribution in [1.82, 2.24) is 10.6 Å². The number of hydrogen-bond donors (Lipinski definition) is 3. The van der Waals surface area contributed by atoms with Crippen molar-refractivity contribution in [1.29, 1.82) is 0 Å². The van der Waals surface area contributed by atoms with Crippen LogP contribution in [0, 0.1) is 0 Å². The molecule has 392 valence electrons. The van der Waals surface area contributed by atoms with Gasteiger partial charge in [0.05, 0.1) is 165 Å². The quantitative estimate of drug-likeness (QED) is 0.0808. The maximum Gasteiger partial charge on any atom is 0.407 e. The average molecular weight is 985 g/mol. The number of ether oxygens (including phenoxy) is 15. The van der Waals surface area contributed by atoms with Gasteiger partial charge in [0.2, 0.25) is 5.91 Å². The van der Waals surface area contributed by atoms with Crippen LogP contribution < -0.4 is 10.6 Å². The smallest absolute Gasteiger partial charge is 0.407 e. The molecule has 21 nitrogen and oxygen atoms in total. The Morgan fingerprint density at radius 3 is 1.09 bits per heavy atom. The Labute approximate surface area is 406 Å². The number of amides is 2. The fourth-order valence-electron chi connectivity index (χ4n) is 6.30. The van der Waals surface area contributed by atoms with Crippen molar-refractivity contribution in [2.75, 3.05) is 205 Å². The third-order valence-electron chi connectivity index (χ3n) is 9.57. The molecule has 0 saturated carbocycles. The number of rotatable bonds is 49. The molecular formula is C48H76N2O19. The lowest BCUT2D eigenvalue weighted by atomic mass is 9.98. The molecule has 3 rings (SSSR count). The van der Waals surface area contributed by atoms with E-state index in [4.69, 9.17) is 71.4 Å². The Balaban J connectivity index is 0.896. The second kappa shape index (κ2) is 42.9. The van der Waals surface area contributed by atoms with E-state index < -0.39 is 24.6 Å². The van der Waals surface area contributed by atoms with E-state index in [0.29, 0.717) is 198 Å². The molecule has 0 aromatic heterocycles. The number of carbonyl (C=O) groups excluding carboxylic acids is 2. The molecule has 0 bridgehead atoms.